The Morgan fingerprint density at radius 1 is 0.969 bits per heavy atom. The third-order valence-electron chi connectivity index (χ3n) is 4.71. The molecule has 4 aromatic rings. The van der Waals surface area contributed by atoms with Gasteiger partial charge in [0.2, 0.25) is 0 Å². The van der Waals surface area contributed by atoms with Crippen molar-refractivity contribution >= 4 is 57.3 Å². The van der Waals surface area contributed by atoms with Gasteiger partial charge in [0, 0.05) is 5.75 Å². The summed E-state index contributed by atoms with van der Waals surface area (Å²) in [4.78, 5) is 12.2. The molecule has 0 fully saturated rings. The van der Waals surface area contributed by atoms with E-state index in [0.29, 0.717) is 0 Å². The Labute approximate surface area is 199 Å². The predicted molar refractivity (Wildman–Crippen MR) is 136 cm³/mol. The van der Waals surface area contributed by atoms with Crippen molar-refractivity contribution in [1.29, 1.82) is 0 Å². The first-order valence-electron chi connectivity index (χ1n) is 10.0. The van der Waals surface area contributed by atoms with E-state index >= 15 is 0 Å². The van der Waals surface area contributed by atoms with Gasteiger partial charge in [-0.15, -0.1) is 10.2 Å². The van der Waals surface area contributed by atoms with E-state index in [1.165, 1.54) is 39.6 Å². The number of aromatic nitrogens is 2. The molecule has 0 aliphatic heterocycles. The van der Waals surface area contributed by atoms with Crippen LogP contribution in [0.25, 0.3) is 10.8 Å². The number of carbonyl (C=O) groups excluding carboxylic acids is 1. The van der Waals surface area contributed by atoms with Gasteiger partial charge < -0.3 is 0 Å². The van der Waals surface area contributed by atoms with Crippen LogP contribution in [0.3, 0.4) is 0 Å². The first kappa shape index (κ1) is 22.5. The Bertz CT molecular complexity index is 1250. The molecule has 1 amide bonds. The predicted octanol–water partition coefficient (Wildman–Crippen LogP) is 5.92. The Hall–Kier alpha value is -2.68. The molecule has 3 aromatic carbocycles. The van der Waals surface area contributed by atoms with Crippen LogP contribution in [0, 0.1) is 6.92 Å². The van der Waals surface area contributed by atoms with Gasteiger partial charge in [0.05, 0.1) is 11.5 Å². The van der Waals surface area contributed by atoms with Gasteiger partial charge in [-0.1, -0.05) is 101 Å². The lowest BCUT2D eigenvalue weighted by Gasteiger charge is -2.04. The highest BCUT2D eigenvalue weighted by atomic mass is 32.2. The highest BCUT2D eigenvalue weighted by Gasteiger charge is 2.09. The molecule has 0 aliphatic carbocycles. The number of benzene rings is 3. The lowest BCUT2D eigenvalue weighted by molar-refractivity contribution is -0.118. The second-order valence-corrected chi connectivity index (χ2v) is 10.6. The van der Waals surface area contributed by atoms with E-state index < -0.39 is 0 Å². The first-order chi connectivity index (χ1) is 15.6. The van der Waals surface area contributed by atoms with Crippen LogP contribution in [0.4, 0.5) is 0 Å². The fraction of sp³-hybridized carbons (Fsp3) is 0.167. The van der Waals surface area contributed by atoms with Crippen LogP contribution in [0.1, 0.15) is 23.6 Å². The molecule has 0 spiro atoms. The summed E-state index contributed by atoms with van der Waals surface area (Å²) in [6.07, 6.45) is 0. The van der Waals surface area contributed by atoms with Gasteiger partial charge in [-0.3, -0.25) is 4.79 Å². The van der Waals surface area contributed by atoms with Gasteiger partial charge in [0.1, 0.15) is 0 Å². The largest absolute Gasteiger partial charge is 0.272 e. The summed E-state index contributed by atoms with van der Waals surface area (Å²) in [6.45, 7) is 3.97. The quantitative estimate of drug-likeness (QED) is 0.193. The SMILES string of the molecule is CC(=NNC(=O)CSc1nnc(SCc2ccc(C)cc2)s1)c1ccc2ccccc2c1. The monoisotopic (exact) mass is 478 g/mol. The maximum Gasteiger partial charge on any atom is 0.250 e. The molecule has 1 N–H and O–H groups in total. The highest BCUT2D eigenvalue weighted by molar-refractivity contribution is 8.03. The minimum absolute atomic E-state index is 0.167. The number of hydrogen-bond acceptors (Lipinski definition) is 7. The molecule has 0 saturated carbocycles. The van der Waals surface area contributed by atoms with E-state index in [0.717, 1.165) is 31.1 Å². The molecule has 4 rings (SSSR count). The topological polar surface area (TPSA) is 67.2 Å². The summed E-state index contributed by atoms with van der Waals surface area (Å²) in [5.74, 6) is 0.924. The molecule has 0 unspecified atom stereocenters. The summed E-state index contributed by atoms with van der Waals surface area (Å²) in [5.41, 5.74) is 6.89. The normalized spacial score (nSPS) is 11.6. The fourth-order valence-corrected chi connectivity index (χ4v) is 5.70. The lowest BCUT2D eigenvalue weighted by Crippen LogP contribution is -2.21. The molecule has 32 heavy (non-hydrogen) atoms. The van der Waals surface area contributed by atoms with E-state index in [1.807, 2.05) is 25.1 Å². The van der Waals surface area contributed by atoms with Crippen molar-refractivity contribution in [3.8, 4) is 0 Å². The number of fused-ring (bicyclic) bond motifs is 1. The van der Waals surface area contributed by atoms with Crippen molar-refractivity contribution in [2.45, 2.75) is 28.3 Å². The summed E-state index contributed by atoms with van der Waals surface area (Å²) >= 11 is 4.54. The van der Waals surface area contributed by atoms with Gasteiger partial charge in [-0.25, -0.2) is 5.43 Å². The second kappa shape index (κ2) is 10.8. The number of nitrogens with zero attached hydrogens (tertiary/aromatic N) is 3. The Morgan fingerprint density at radius 3 is 2.47 bits per heavy atom. The van der Waals surface area contributed by atoms with E-state index in [-0.39, 0.29) is 11.7 Å². The van der Waals surface area contributed by atoms with E-state index in [1.54, 1.807) is 11.8 Å². The molecule has 8 heteroatoms. The number of hydrazone groups is 1. The number of hydrogen-bond donors (Lipinski definition) is 1. The Balaban J connectivity index is 1.25. The maximum atomic E-state index is 12.2. The van der Waals surface area contributed by atoms with Gasteiger partial charge in [0.15, 0.2) is 8.68 Å². The number of rotatable bonds is 8. The third-order valence-corrected chi connectivity index (χ3v) is 7.97. The van der Waals surface area contributed by atoms with E-state index in [4.69, 9.17) is 0 Å². The zero-order valence-corrected chi connectivity index (χ0v) is 20.2. The van der Waals surface area contributed by atoms with Gasteiger partial charge >= 0.3 is 0 Å². The van der Waals surface area contributed by atoms with Crippen LogP contribution >= 0.6 is 34.9 Å². The van der Waals surface area contributed by atoms with Gasteiger partial charge in [-0.2, -0.15) is 5.10 Å². The van der Waals surface area contributed by atoms with Crippen molar-refractivity contribution in [1.82, 2.24) is 15.6 Å². The molecule has 162 valence electrons. The molecule has 1 heterocycles. The zero-order valence-electron chi connectivity index (χ0n) is 17.7. The fourth-order valence-electron chi connectivity index (χ4n) is 2.93. The van der Waals surface area contributed by atoms with Crippen LogP contribution in [0.2, 0.25) is 0 Å². The van der Waals surface area contributed by atoms with Gasteiger partial charge in [-0.05, 0) is 41.8 Å². The molecular weight excluding hydrogens is 456 g/mol. The number of amides is 1. The minimum atomic E-state index is -0.167. The maximum absolute atomic E-state index is 12.2. The van der Waals surface area contributed by atoms with Crippen molar-refractivity contribution in [3.05, 3.63) is 83.4 Å². The van der Waals surface area contributed by atoms with Crippen LogP contribution in [0.5, 0.6) is 0 Å². The summed E-state index contributed by atoms with van der Waals surface area (Å²) in [6, 6.07) is 22.8. The molecular formula is C24H22N4OS3. The smallest absolute Gasteiger partial charge is 0.250 e. The van der Waals surface area contributed by atoms with Crippen LogP contribution in [0.15, 0.2) is 80.5 Å². The van der Waals surface area contributed by atoms with E-state index in [9.17, 15) is 4.79 Å². The summed E-state index contributed by atoms with van der Waals surface area (Å²) in [5, 5.41) is 15.0. The summed E-state index contributed by atoms with van der Waals surface area (Å²) < 4.78 is 1.68. The number of nitrogens with one attached hydrogen (secondary N) is 1. The van der Waals surface area contributed by atoms with Gasteiger partial charge in [0.25, 0.3) is 5.91 Å². The standard InChI is InChI=1S/C24H22N4OS3/c1-16-7-9-18(10-8-16)14-30-23-27-28-24(32-23)31-15-22(29)26-25-17(2)20-12-11-19-5-3-4-6-21(19)13-20/h3-13H,14-15H2,1-2H3,(H,26,29). The van der Waals surface area contributed by atoms with Crippen molar-refractivity contribution in [2.75, 3.05) is 5.75 Å². The van der Waals surface area contributed by atoms with E-state index in [2.05, 4.69) is 76.2 Å². The Morgan fingerprint density at radius 2 is 1.69 bits per heavy atom. The molecule has 1 aromatic heterocycles. The zero-order chi connectivity index (χ0) is 22.3. The molecule has 0 aliphatic rings. The van der Waals surface area contributed by atoms with Crippen molar-refractivity contribution in [2.24, 2.45) is 5.10 Å². The van der Waals surface area contributed by atoms with Crippen LogP contribution in [-0.4, -0.2) is 27.6 Å². The molecule has 5 nitrogen and oxygen atoms in total. The number of aryl methyl sites for hydroxylation is 1. The molecule has 0 saturated heterocycles. The molecule has 0 radical (unpaired) electrons. The van der Waals surface area contributed by atoms with Crippen LogP contribution < -0.4 is 5.43 Å². The van der Waals surface area contributed by atoms with Crippen LogP contribution in [-0.2, 0) is 10.5 Å². The second-order valence-electron chi connectivity index (χ2n) is 7.19. The van der Waals surface area contributed by atoms with Crippen molar-refractivity contribution < 1.29 is 4.79 Å². The number of carbonyl (C=O) groups is 1. The molecule has 0 bridgehead atoms. The lowest BCUT2D eigenvalue weighted by atomic mass is 10.0. The average molecular weight is 479 g/mol. The highest BCUT2D eigenvalue weighted by Crippen LogP contribution is 2.30. The summed E-state index contributed by atoms with van der Waals surface area (Å²) in [7, 11) is 0. The number of thioether (sulfide) groups is 2. The molecule has 0 atom stereocenters. The van der Waals surface area contributed by atoms with Crippen molar-refractivity contribution in [3.63, 3.8) is 0 Å². The minimum Gasteiger partial charge on any atom is -0.272 e. The first-order valence-corrected chi connectivity index (χ1v) is 12.8. The third kappa shape index (κ3) is 6.18. The average Bonchev–Trinajstić information content (AvgIpc) is 3.28. The Kier molecular flexibility index (Phi) is 7.57.